The van der Waals surface area contributed by atoms with E-state index < -0.39 is 5.54 Å². The van der Waals surface area contributed by atoms with Crippen LogP contribution in [0.25, 0.3) is 0 Å². The maximum Gasteiger partial charge on any atom is 0.240 e. The summed E-state index contributed by atoms with van der Waals surface area (Å²) in [6.45, 7) is 4.38. The summed E-state index contributed by atoms with van der Waals surface area (Å²) in [5.74, 6) is -0.131. The molecule has 0 spiro atoms. The Morgan fingerprint density at radius 3 is 2.78 bits per heavy atom. The van der Waals surface area contributed by atoms with Crippen LogP contribution in [0.3, 0.4) is 0 Å². The molecule has 18 heavy (non-hydrogen) atoms. The number of hydrogen-bond acceptors (Lipinski definition) is 3. The lowest BCUT2D eigenvalue weighted by Gasteiger charge is -2.29. The second-order valence-corrected chi connectivity index (χ2v) is 5.25. The molecule has 0 saturated carbocycles. The first-order valence-corrected chi connectivity index (χ1v) is 6.70. The first kappa shape index (κ1) is 15.0. The average molecular weight is 256 g/mol. The fourth-order valence-corrected chi connectivity index (χ4v) is 1.99. The van der Waals surface area contributed by atoms with Crippen LogP contribution in [-0.4, -0.2) is 47.1 Å². The van der Waals surface area contributed by atoms with E-state index in [0.29, 0.717) is 19.4 Å². The van der Waals surface area contributed by atoms with Crippen molar-refractivity contribution in [1.82, 2.24) is 10.2 Å². The topological polar surface area (TPSA) is 69.6 Å². The molecule has 0 bridgehead atoms. The molecular formula is C13H24N2O3. The van der Waals surface area contributed by atoms with Crippen LogP contribution in [0.5, 0.6) is 0 Å². The van der Waals surface area contributed by atoms with E-state index in [1.54, 1.807) is 11.8 Å². The van der Waals surface area contributed by atoms with Crippen molar-refractivity contribution in [3.63, 3.8) is 0 Å². The number of likely N-dealkylation sites (tertiary alicyclic amines) is 1. The van der Waals surface area contributed by atoms with Crippen LogP contribution >= 0.6 is 0 Å². The normalized spacial score (nSPS) is 20.2. The summed E-state index contributed by atoms with van der Waals surface area (Å²) in [5, 5.41) is 12.0. The van der Waals surface area contributed by atoms with Gasteiger partial charge in [-0.05, 0) is 26.2 Å². The summed E-state index contributed by atoms with van der Waals surface area (Å²) in [5.41, 5.74) is -0.591. The molecule has 0 aromatic carbocycles. The van der Waals surface area contributed by atoms with Gasteiger partial charge in [0.1, 0.15) is 0 Å². The van der Waals surface area contributed by atoms with Crippen LogP contribution in [0.15, 0.2) is 0 Å². The average Bonchev–Trinajstić information content (AvgIpc) is 2.55. The van der Waals surface area contributed by atoms with Gasteiger partial charge in [-0.3, -0.25) is 9.59 Å². The Labute approximate surface area is 109 Å². The first-order valence-electron chi connectivity index (χ1n) is 6.70. The summed E-state index contributed by atoms with van der Waals surface area (Å²) in [6.07, 6.45) is 4.12. The van der Waals surface area contributed by atoms with E-state index >= 15 is 0 Å². The van der Waals surface area contributed by atoms with Gasteiger partial charge in [0, 0.05) is 13.0 Å². The highest BCUT2D eigenvalue weighted by atomic mass is 16.3. The Morgan fingerprint density at radius 1 is 1.44 bits per heavy atom. The van der Waals surface area contributed by atoms with Crippen molar-refractivity contribution in [3.8, 4) is 0 Å². The Kier molecular flexibility index (Phi) is 5.59. The van der Waals surface area contributed by atoms with Crippen LogP contribution in [-0.2, 0) is 9.59 Å². The fourth-order valence-electron chi connectivity index (χ4n) is 1.99. The van der Waals surface area contributed by atoms with E-state index in [9.17, 15) is 14.7 Å². The molecule has 0 aromatic heterocycles. The SMILES string of the molecule is CCC(C)(CO)NC(=O)CN1CCCCCC1=O. The van der Waals surface area contributed by atoms with Crippen molar-refractivity contribution in [3.05, 3.63) is 0 Å². The number of aliphatic hydroxyl groups excluding tert-OH is 1. The quantitative estimate of drug-likeness (QED) is 0.759. The minimum atomic E-state index is -0.591. The van der Waals surface area contributed by atoms with Crippen LogP contribution in [0.4, 0.5) is 0 Å². The van der Waals surface area contributed by atoms with E-state index in [-0.39, 0.29) is 25.0 Å². The zero-order valence-corrected chi connectivity index (χ0v) is 11.4. The van der Waals surface area contributed by atoms with Gasteiger partial charge in [-0.2, -0.15) is 0 Å². The van der Waals surface area contributed by atoms with Gasteiger partial charge < -0.3 is 15.3 Å². The third-order valence-electron chi connectivity index (χ3n) is 3.58. The summed E-state index contributed by atoms with van der Waals surface area (Å²) in [6, 6.07) is 0. The van der Waals surface area contributed by atoms with Gasteiger partial charge in [-0.15, -0.1) is 0 Å². The van der Waals surface area contributed by atoms with Crippen LogP contribution < -0.4 is 5.32 Å². The monoisotopic (exact) mass is 256 g/mol. The van der Waals surface area contributed by atoms with Gasteiger partial charge in [0.05, 0.1) is 18.7 Å². The van der Waals surface area contributed by atoms with Gasteiger partial charge in [-0.25, -0.2) is 0 Å². The predicted octanol–water partition coefficient (Wildman–Crippen LogP) is 0.666. The van der Waals surface area contributed by atoms with Crippen molar-refractivity contribution in [2.24, 2.45) is 0 Å². The van der Waals surface area contributed by atoms with Crippen molar-refractivity contribution in [1.29, 1.82) is 0 Å². The Hall–Kier alpha value is -1.10. The number of nitrogens with zero attached hydrogens (tertiary/aromatic N) is 1. The minimum absolute atomic E-state index is 0.0600. The lowest BCUT2D eigenvalue weighted by atomic mass is 10.0. The van der Waals surface area contributed by atoms with E-state index in [1.165, 1.54) is 0 Å². The van der Waals surface area contributed by atoms with Crippen molar-refractivity contribution < 1.29 is 14.7 Å². The van der Waals surface area contributed by atoms with Crippen molar-refractivity contribution in [2.45, 2.75) is 51.5 Å². The molecule has 1 saturated heterocycles. The summed E-state index contributed by atoms with van der Waals surface area (Å²) >= 11 is 0. The Bertz CT molecular complexity index is 301. The second kappa shape index (κ2) is 6.73. The highest BCUT2D eigenvalue weighted by molar-refractivity contribution is 5.85. The third kappa shape index (κ3) is 4.29. The third-order valence-corrected chi connectivity index (χ3v) is 3.58. The number of carbonyl (C=O) groups is 2. The standard InChI is InChI=1S/C13H24N2O3/c1-3-13(2,10-16)14-11(17)9-15-8-6-4-5-7-12(15)18/h16H,3-10H2,1-2H3,(H,14,17). The van der Waals surface area contributed by atoms with Gasteiger partial charge in [0.2, 0.25) is 11.8 Å². The van der Waals surface area contributed by atoms with Crippen molar-refractivity contribution in [2.75, 3.05) is 19.7 Å². The van der Waals surface area contributed by atoms with E-state index in [2.05, 4.69) is 5.32 Å². The van der Waals surface area contributed by atoms with Crippen LogP contribution in [0.1, 0.15) is 46.0 Å². The molecule has 1 atom stereocenters. The molecule has 5 nitrogen and oxygen atoms in total. The fraction of sp³-hybridized carbons (Fsp3) is 0.846. The molecule has 5 heteroatoms. The van der Waals surface area contributed by atoms with Crippen LogP contribution in [0, 0.1) is 0 Å². The van der Waals surface area contributed by atoms with Gasteiger partial charge in [0.15, 0.2) is 0 Å². The molecule has 104 valence electrons. The number of aliphatic hydroxyl groups is 1. The number of amides is 2. The smallest absolute Gasteiger partial charge is 0.240 e. The number of rotatable bonds is 5. The molecule has 0 aromatic rings. The zero-order valence-electron chi connectivity index (χ0n) is 11.4. The highest BCUT2D eigenvalue weighted by Gasteiger charge is 2.25. The number of carbonyl (C=O) groups excluding carboxylic acids is 2. The Balaban J connectivity index is 2.50. The molecule has 1 aliphatic heterocycles. The van der Waals surface area contributed by atoms with Crippen LogP contribution in [0.2, 0.25) is 0 Å². The second-order valence-electron chi connectivity index (χ2n) is 5.25. The molecule has 0 radical (unpaired) electrons. The Morgan fingerprint density at radius 2 is 2.17 bits per heavy atom. The van der Waals surface area contributed by atoms with Crippen molar-refractivity contribution >= 4 is 11.8 Å². The number of nitrogens with one attached hydrogen (secondary N) is 1. The molecule has 1 aliphatic rings. The highest BCUT2D eigenvalue weighted by Crippen LogP contribution is 2.12. The molecule has 1 heterocycles. The van der Waals surface area contributed by atoms with Gasteiger partial charge >= 0.3 is 0 Å². The first-order chi connectivity index (χ1) is 8.50. The number of hydrogen-bond donors (Lipinski definition) is 2. The molecular weight excluding hydrogens is 232 g/mol. The molecule has 0 aliphatic carbocycles. The van der Waals surface area contributed by atoms with E-state index in [0.717, 1.165) is 19.3 Å². The van der Waals surface area contributed by atoms with Gasteiger partial charge in [-0.1, -0.05) is 13.3 Å². The molecule has 1 unspecified atom stereocenters. The van der Waals surface area contributed by atoms with E-state index in [1.807, 2.05) is 6.92 Å². The predicted molar refractivity (Wildman–Crippen MR) is 69.0 cm³/mol. The largest absolute Gasteiger partial charge is 0.394 e. The van der Waals surface area contributed by atoms with Gasteiger partial charge in [0.25, 0.3) is 0 Å². The summed E-state index contributed by atoms with van der Waals surface area (Å²) in [7, 11) is 0. The minimum Gasteiger partial charge on any atom is -0.394 e. The molecule has 1 rings (SSSR count). The molecule has 1 fully saturated rings. The lowest BCUT2D eigenvalue weighted by Crippen LogP contribution is -2.52. The van der Waals surface area contributed by atoms with E-state index in [4.69, 9.17) is 0 Å². The maximum absolute atomic E-state index is 11.9. The molecule has 2 N–H and O–H groups in total. The maximum atomic E-state index is 11.9. The zero-order chi connectivity index (χ0) is 13.6. The summed E-state index contributed by atoms with van der Waals surface area (Å²) in [4.78, 5) is 25.3. The summed E-state index contributed by atoms with van der Waals surface area (Å²) < 4.78 is 0. The molecule has 2 amide bonds. The lowest BCUT2D eigenvalue weighted by molar-refractivity contribution is -0.136.